The molecular formula is C15H19F3N4O2. The fraction of sp³-hybridized carbons (Fsp3) is 0.467. The Balaban J connectivity index is 2.21. The van der Waals surface area contributed by atoms with Crippen LogP contribution in [0.15, 0.2) is 18.2 Å². The van der Waals surface area contributed by atoms with Crippen molar-refractivity contribution >= 4 is 23.2 Å². The van der Waals surface area contributed by atoms with Crippen LogP contribution >= 0.6 is 0 Å². The Morgan fingerprint density at radius 1 is 1.21 bits per heavy atom. The number of anilines is 2. The van der Waals surface area contributed by atoms with Gasteiger partial charge in [0.15, 0.2) is 0 Å². The minimum Gasteiger partial charge on any atom is -0.368 e. The van der Waals surface area contributed by atoms with E-state index < -0.39 is 18.0 Å². The lowest BCUT2D eigenvalue weighted by molar-refractivity contribution is -0.167. The molecule has 1 heterocycles. The van der Waals surface area contributed by atoms with Crippen molar-refractivity contribution in [3.63, 3.8) is 0 Å². The van der Waals surface area contributed by atoms with Crippen LogP contribution in [0.1, 0.15) is 17.3 Å². The van der Waals surface area contributed by atoms with E-state index in [2.05, 4.69) is 11.8 Å². The number of benzene rings is 1. The predicted molar refractivity (Wildman–Crippen MR) is 84.0 cm³/mol. The van der Waals surface area contributed by atoms with Gasteiger partial charge in [-0.2, -0.15) is 13.2 Å². The number of carbonyl (C=O) groups excluding carboxylic acids is 2. The number of primary amides is 1. The van der Waals surface area contributed by atoms with E-state index in [-0.39, 0.29) is 11.3 Å². The van der Waals surface area contributed by atoms with Crippen molar-refractivity contribution in [2.75, 3.05) is 42.9 Å². The van der Waals surface area contributed by atoms with Gasteiger partial charge in [0.25, 0.3) is 5.91 Å². The van der Waals surface area contributed by atoms with Crippen LogP contribution < -0.4 is 16.0 Å². The van der Waals surface area contributed by atoms with Gasteiger partial charge >= 0.3 is 12.1 Å². The summed E-state index contributed by atoms with van der Waals surface area (Å²) in [5.74, 6) is -2.85. The van der Waals surface area contributed by atoms with Gasteiger partial charge in [0.05, 0.1) is 5.56 Å². The second-order valence-electron chi connectivity index (χ2n) is 5.47. The second kappa shape index (κ2) is 7.08. The average Bonchev–Trinajstić information content (AvgIpc) is 2.54. The van der Waals surface area contributed by atoms with Crippen LogP contribution in [-0.2, 0) is 4.79 Å². The molecule has 0 aromatic heterocycles. The molecule has 1 aromatic carbocycles. The van der Waals surface area contributed by atoms with E-state index in [0.29, 0.717) is 18.8 Å². The fourth-order valence-corrected chi connectivity index (χ4v) is 2.59. The Kier molecular flexibility index (Phi) is 5.33. The van der Waals surface area contributed by atoms with Gasteiger partial charge in [-0.15, -0.1) is 0 Å². The van der Waals surface area contributed by atoms with E-state index in [1.807, 2.05) is 4.90 Å². The SMILES string of the molecule is CCN1CCN(c2ccc(NC(=O)C(F)(F)F)cc2C(N)=O)CC1. The van der Waals surface area contributed by atoms with Gasteiger partial charge < -0.3 is 20.9 Å². The molecule has 0 spiro atoms. The summed E-state index contributed by atoms with van der Waals surface area (Å²) in [5.41, 5.74) is 5.87. The highest BCUT2D eigenvalue weighted by atomic mass is 19.4. The maximum Gasteiger partial charge on any atom is 0.471 e. The normalized spacial score (nSPS) is 16.1. The number of nitrogens with one attached hydrogen (secondary N) is 1. The Labute approximate surface area is 137 Å². The van der Waals surface area contributed by atoms with Crippen molar-refractivity contribution in [2.45, 2.75) is 13.1 Å². The predicted octanol–water partition coefficient (Wildman–Crippen LogP) is 1.43. The zero-order valence-corrected chi connectivity index (χ0v) is 13.2. The van der Waals surface area contributed by atoms with E-state index in [0.717, 1.165) is 19.6 Å². The Bertz CT molecular complexity index is 626. The highest BCUT2D eigenvalue weighted by Gasteiger charge is 2.38. The summed E-state index contributed by atoms with van der Waals surface area (Å²) in [5, 5.41) is 1.73. The quantitative estimate of drug-likeness (QED) is 0.866. The Morgan fingerprint density at radius 3 is 2.33 bits per heavy atom. The van der Waals surface area contributed by atoms with Gasteiger partial charge in [0.2, 0.25) is 0 Å². The molecule has 0 saturated carbocycles. The molecule has 0 bridgehead atoms. The molecule has 0 aliphatic carbocycles. The van der Waals surface area contributed by atoms with Gasteiger partial charge in [-0.05, 0) is 24.7 Å². The largest absolute Gasteiger partial charge is 0.471 e. The molecule has 9 heteroatoms. The fourth-order valence-electron chi connectivity index (χ4n) is 2.59. The van der Waals surface area contributed by atoms with Crippen LogP contribution in [-0.4, -0.2) is 55.6 Å². The van der Waals surface area contributed by atoms with E-state index in [1.165, 1.54) is 18.2 Å². The number of rotatable bonds is 4. The number of hydrogen-bond donors (Lipinski definition) is 2. The molecule has 24 heavy (non-hydrogen) atoms. The summed E-state index contributed by atoms with van der Waals surface area (Å²) in [6.45, 7) is 5.99. The van der Waals surface area contributed by atoms with Gasteiger partial charge in [-0.3, -0.25) is 9.59 Å². The molecule has 1 saturated heterocycles. The van der Waals surface area contributed by atoms with Crippen LogP contribution in [0, 0.1) is 0 Å². The highest BCUT2D eigenvalue weighted by molar-refractivity contribution is 6.01. The summed E-state index contributed by atoms with van der Waals surface area (Å²) < 4.78 is 37.0. The van der Waals surface area contributed by atoms with Crippen LogP contribution in [0.5, 0.6) is 0 Å². The van der Waals surface area contributed by atoms with E-state index in [4.69, 9.17) is 5.73 Å². The van der Waals surface area contributed by atoms with Crippen molar-refractivity contribution in [1.29, 1.82) is 0 Å². The third kappa shape index (κ3) is 4.16. The summed E-state index contributed by atoms with van der Waals surface area (Å²) in [7, 11) is 0. The van der Waals surface area contributed by atoms with Gasteiger partial charge in [0, 0.05) is 37.6 Å². The van der Waals surface area contributed by atoms with Crippen molar-refractivity contribution in [2.24, 2.45) is 5.73 Å². The molecule has 0 atom stereocenters. The first-order valence-corrected chi connectivity index (χ1v) is 7.51. The minimum absolute atomic E-state index is 0.0833. The average molecular weight is 344 g/mol. The third-order valence-electron chi connectivity index (χ3n) is 3.94. The Hall–Kier alpha value is -2.29. The second-order valence-corrected chi connectivity index (χ2v) is 5.47. The van der Waals surface area contributed by atoms with Gasteiger partial charge in [0.1, 0.15) is 0 Å². The van der Waals surface area contributed by atoms with Gasteiger partial charge in [-0.25, -0.2) is 0 Å². The van der Waals surface area contributed by atoms with E-state index in [9.17, 15) is 22.8 Å². The molecule has 2 rings (SSSR count). The molecule has 2 amide bonds. The standard InChI is InChI=1S/C15H19F3N4O2/c1-2-21-5-7-22(8-6-21)12-4-3-10(9-11(12)13(19)23)20-14(24)15(16,17)18/h3-4,9H,2,5-8H2,1H3,(H2,19,23)(H,20,24). The van der Waals surface area contributed by atoms with Crippen LogP contribution in [0.4, 0.5) is 24.5 Å². The summed E-state index contributed by atoms with van der Waals surface area (Å²) >= 11 is 0. The lowest BCUT2D eigenvalue weighted by atomic mass is 10.1. The van der Waals surface area contributed by atoms with E-state index in [1.54, 1.807) is 5.32 Å². The van der Waals surface area contributed by atoms with Crippen molar-refractivity contribution in [1.82, 2.24) is 4.90 Å². The Morgan fingerprint density at radius 2 is 1.83 bits per heavy atom. The van der Waals surface area contributed by atoms with Crippen LogP contribution in [0.25, 0.3) is 0 Å². The number of alkyl halides is 3. The molecular weight excluding hydrogens is 325 g/mol. The molecule has 6 nitrogen and oxygen atoms in total. The number of halogens is 3. The molecule has 0 radical (unpaired) electrons. The molecule has 1 aliphatic heterocycles. The monoisotopic (exact) mass is 344 g/mol. The minimum atomic E-state index is -5.00. The van der Waals surface area contributed by atoms with Gasteiger partial charge in [-0.1, -0.05) is 6.92 Å². The number of amides is 2. The van der Waals surface area contributed by atoms with Crippen molar-refractivity contribution in [3.05, 3.63) is 23.8 Å². The number of nitrogens with zero attached hydrogens (tertiary/aromatic N) is 2. The summed E-state index contributed by atoms with van der Waals surface area (Å²) in [4.78, 5) is 26.9. The van der Waals surface area contributed by atoms with Crippen molar-refractivity contribution in [3.8, 4) is 0 Å². The van der Waals surface area contributed by atoms with E-state index >= 15 is 0 Å². The first-order chi connectivity index (χ1) is 11.2. The number of hydrogen-bond acceptors (Lipinski definition) is 4. The number of likely N-dealkylation sites (N-methyl/N-ethyl adjacent to an activating group) is 1. The first-order valence-electron chi connectivity index (χ1n) is 7.51. The molecule has 1 aromatic rings. The first kappa shape index (κ1) is 18.1. The topological polar surface area (TPSA) is 78.7 Å². The number of nitrogens with two attached hydrogens (primary N) is 1. The maximum absolute atomic E-state index is 12.3. The zero-order valence-electron chi connectivity index (χ0n) is 13.2. The van der Waals surface area contributed by atoms with Crippen molar-refractivity contribution < 1.29 is 22.8 Å². The summed E-state index contributed by atoms with van der Waals surface area (Å²) in [6.07, 6.45) is -5.00. The summed E-state index contributed by atoms with van der Waals surface area (Å²) in [6, 6.07) is 4.01. The highest BCUT2D eigenvalue weighted by Crippen LogP contribution is 2.26. The van der Waals surface area contributed by atoms with Crippen LogP contribution in [0.2, 0.25) is 0 Å². The number of carbonyl (C=O) groups is 2. The molecule has 0 unspecified atom stereocenters. The molecule has 1 fully saturated rings. The maximum atomic E-state index is 12.3. The molecule has 132 valence electrons. The molecule has 1 aliphatic rings. The zero-order chi connectivity index (χ0) is 17.9. The van der Waals surface area contributed by atoms with Crippen LogP contribution in [0.3, 0.4) is 0 Å². The third-order valence-corrected chi connectivity index (χ3v) is 3.94. The smallest absolute Gasteiger partial charge is 0.368 e. The number of piperazine rings is 1. The lowest BCUT2D eigenvalue weighted by Crippen LogP contribution is -2.46. The lowest BCUT2D eigenvalue weighted by Gasteiger charge is -2.36. The molecule has 3 N–H and O–H groups in total.